The monoisotopic (exact) mass is 540 g/mol. The molecule has 39 heavy (non-hydrogen) atoms. The van der Waals surface area contributed by atoms with E-state index in [0.717, 1.165) is 32.8 Å². The summed E-state index contributed by atoms with van der Waals surface area (Å²) in [5.74, 6) is 3.33. The van der Waals surface area contributed by atoms with Gasteiger partial charge >= 0.3 is 0 Å². The Labute approximate surface area is 240 Å². The summed E-state index contributed by atoms with van der Waals surface area (Å²) < 4.78 is 6.22. The van der Waals surface area contributed by atoms with E-state index in [2.05, 4.69) is 111 Å². The highest BCUT2D eigenvalue weighted by Crippen LogP contribution is 2.37. The molecule has 1 N–H and O–H groups in total. The van der Waals surface area contributed by atoms with Crippen molar-refractivity contribution in [1.29, 1.82) is 0 Å². The summed E-state index contributed by atoms with van der Waals surface area (Å²) in [5, 5.41) is 9.45. The standard InChI is InChI=1S/C32H34O2S.C4H10/c1-21(2)30-17-7-24(19-22(30)3)32(5,6)25-8-18-31(23(4)20-25)34-27-11-15-29(16-12-27)35-28-13-9-26(33)10-14-28;1-4(2)3/h7-21,33H,1-6H3;4H,1-3H3. The highest BCUT2D eigenvalue weighted by molar-refractivity contribution is 7.99. The maximum atomic E-state index is 9.45. The van der Waals surface area contributed by atoms with E-state index in [-0.39, 0.29) is 11.2 Å². The first-order chi connectivity index (χ1) is 18.4. The Kier molecular flexibility index (Phi) is 10.3. The first-order valence-electron chi connectivity index (χ1n) is 13.8. The lowest BCUT2D eigenvalue weighted by atomic mass is 9.76. The summed E-state index contributed by atoms with van der Waals surface area (Å²) >= 11 is 1.65. The molecule has 3 heteroatoms. The third kappa shape index (κ3) is 8.41. The van der Waals surface area contributed by atoms with Crippen LogP contribution in [-0.4, -0.2) is 5.11 Å². The van der Waals surface area contributed by atoms with Crippen LogP contribution in [0.25, 0.3) is 0 Å². The number of rotatable bonds is 7. The Balaban J connectivity index is 0.000000983. The van der Waals surface area contributed by atoms with Crippen molar-refractivity contribution < 1.29 is 9.84 Å². The van der Waals surface area contributed by atoms with E-state index >= 15 is 0 Å². The van der Waals surface area contributed by atoms with Crippen LogP contribution in [-0.2, 0) is 5.41 Å². The molecule has 0 radical (unpaired) electrons. The highest BCUT2D eigenvalue weighted by atomic mass is 32.2. The smallest absolute Gasteiger partial charge is 0.130 e. The van der Waals surface area contributed by atoms with Gasteiger partial charge in [0.15, 0.2) is 0 Å². The lowest BCUT2D eigenvalue weighted by molar-refractivity contribution is 0.475. The summed E-state index contributed by atoms with van der Waals surface area (Å²) in [6.45, 7) is 19.9. The van der Waals surface area contributed by atoms with Gasteiger partial charge in [-0.1, -0.05) is 90.6 Å². The Morgan fingerprint density at radius 3 is 1.64 bits per heavy atom. The van der Waals surface area contributed by atoms with Crippen LogP contribution in [0, 0.1) is 19.8 Å². The Morgan fingerprint density at radius 2 is 1.15 bits per heavy atom. The number of hydrogen-bond acceptors (Lipinski definition) is 3. The molecule has 0 bridgehead atoms. The van der Waals surface area contributed by atoms with Gasteiger partial charge in [0.2, 0.25) is 0 Å². The van der Waals surface area contributed by atoms with Crippen molar-refractivity contribution in [2.24, 2.45) is 5.92 Å². The van der Waals surface area contributed by atoms with Gasteiger partial charge in [-0.25, -0.2) is 0 Å². The Hall–Kier alpha value is -3.17. The van der Waals surface area contributed by atoms with Crippen LogP contribution in [0.1, 0.15) is 82.2 Å². The second-order valence-electron chi connectivity index (χ2n) is 11.7. The van der Waals surface area contributed by atoms with E-state index in [1.165, 1.54) is 22.3 Å². The van der Waals surface area contributed by atoms with E-state index in [1.807, 2.05) is 24.3 Å². The van der Waals surface area contributed by atoms with E-state index < -0.39 is 0 Å². The van der Waals surface area contributed by atoms with Gasteiger partial charge in [-0.3, -0.25) is 0 Å². The minimum absolute atomic E-state index is 0.101. The molecule has 0 amide bonds. The average molecular weight is 541 g/mol. The molecule has 0 saturated heterocycles. The molecule has 0 aromatic heterocycles. The number of phenolic OH excluding ortho intramolecular Hbond substituents is 1. The molecule has 0 aliphatic carbocycles. The number of hydrogen-bond donors (Lipinski definition) is 1. The second kappa shape index (κ2) is 13.3. The average Bonchev–Trinajstić information content (AvgIpc) is 2.87. The van der Waals surface area contributed by atoms with Crippen molar-refractivity contribution in [2.45, 2.75) is 83.4 Å². The van der Waals surface area contributed by atoms with Crippen LogP contribution in [0.2, 0.25) is 0 Å². The molecule has 4 rings (SSSR count). The zero-order valence-electron chi connectivity index (χ0n) is 25.0. The molecule has 0 atom stereocenters. The molecule has 0 fully saturated rings. The van der Waals surface area contributed by atoms with Crippen LogP contribution in [0.5, 0.6) is 17.2 Å². The van der Waals surface area contributed by atoms with Crippen molar-refractivity contribution in [3.8, 4) is 17.2 Å². The van der Waals surface area contributed by atoms with Gasteiger partial charge < -0.3 is 9.84 Å². The third-order valence-electron chi connectivity index (χ3n) is 6.63. The van der Waals surface area contributed by atoms with Gasteiger partial charge in [0.1, 0.15) is 17.2 Å². The molecular formula is C36H44O2S. The maximum Gasteiger partial charge on any atom is 0.130 e. The van der Waals surface area contributed by atoms with Crippen molar-refractivity contribution in [2.75, 3.05) is 0 Å². The predicted octanol–water partition coefficient (Wildman–Crippen LogP) is 11.1. The second-order valence-corrected chi connectivity index (χ2v) is 12.9. The summed E-state index contributed by atoms with van der Waals surface area (Å²) in [7, 11) is 0. The number of ether oxygens (including phenoxy) is 1. The van der Waals surface area contributed by atoms with E-state index in [4.69, 9.17) is 4.74 Å². The largest absolute Gasteiger partial charge is 0.508 e. The molecule has 0 saturated carbocycles. The molecule has 0 aliphatic rings. The molecular weight excluding hydrogens is 496 g/mol. The summed E-state index contributed by atoms with van der Waals surface area (Å²) in [4.78, 5) is 2.20. The van der Waals surface area contributed by atoms with Crippen LogP contribution in [0.4, 0.5) is 0 Å². The van der Waals surface area contributed by atoms with Crippen LogP contribution < -0.4 is 4.74 Å². The van der Waals surface area contributed by atoms with Gasteiger partial charge in [-0.2, -0.15) is 0 Å². The molecule has 4 aromatic rings. The van der Waals surface area contributed by atoms with E-state index in [1.54, 1.807) is 23.9 Å². The SMILES string of the molecule is CC(C)C.Cc1cc(C(C)(C)c2ccc(C(C)C)c(C)c2)ccc1Oc1ccc(Sc2ccc(O)cc2)cc1. The van der Waals surface area contributed by atoms with Crippen LogP contribution in [0.15, 0.2) is 94.7 Å². The van der Waals surface area contributed by atoms with E-state index in [9.17, 15) is 5.11 Å². The molecule has 206 valence electrons. The minimum Gasteiger partial charge on any atom is -0.508 e. The zero-order valence-corrected chi connectivity index (χ0v) is 25.8. The number of phenols is 1. The zero-order chi connectivity index (χ0) is 28.7. The first kappa shape index (κ1) is 30.4. The Morgan fingerprint density at radius 1 is 0.667 bits per heavy atom. The number of aromatic hydroxyl groups is 1. The van der Waals surface area contributed by atoms with Gasteiger partial charge in [0.05, 0.1) is 0 Å². The highest BCUT2D eigenvalue weighted by Gasteiger charge is 2.24. The molecule has 4 aromatic carbocycles. The van der Waals surface area contributed by atoms with Crippen molar-refractivity contribution >= 4 is 11.8 Å². The summed E-state index contributed by atoms with van der Waals surface area (Å²) in [6, 6.07) is 28.8. The lowest BCUT2D eigenvalue weighted by Crippen LogP contribution is -2.19. The fourth-order valence-electron chi connectivity index (χ4n) is 4.38. The third-order valence-corrected chi connectivity index (χ3v) is 7.65. The molecule has 0 aliphatic heterocycles. The fraction of sp³-hybridized carbons (Fsp3) is 0.333. The molecule has 2 nitrogen and oxygen atoms in total. The molecule has 0 heterocycles. The quantitative estimate of drug-likeness (QED) is 0.253. The van der Waals surface area contributed by atoms with Gasteiger partial charge in [-0.15, -0.1) is 0 Å². The number of benzene rings is 4. The molecule has 0 spiro atoms. The van der Waals surface area contributed by atoms with Crippen molar-refractivity contribution in [3.63, 3.8) is 0 Å². The predicted molar refractivity (Wildman–Crippen MR) is 168 cm³/mol. The van der Waals surface area contributed by atoms with Gasteiger partial charge in [-0.05, 0) is 108 Å². The number of aryl methyl sites for hydroxylation is 2. The minimum atomic E-state index is -0.101. The van der Waals surface area contributed by atoms with Crippen molar-refractivity contribution in [3.05, 3.63) is 113 Å². The lowest BCUT2D eigenvalue weighted by Gasteiger charge is -2.28. The topological polar surface area (TPSA) is 29.5 Å². The normalized spacial score (nSPS) is 11.4. The van der Waals surface area contributed by atoms with E-state index in [0.29, 0.717) is 5.92 Å². The maximum absolute atomic E-state index is 9.45. The Bertz CT molecular complexity index is 1350. The van der Waals surface area contributed by atoms with Crippen LogP contribution in [0.3, 0.4) is 0 Å². The van der Waals surface area contributed by atoms with Crippen LogP contribution >= 0.6 is 11.8 Å². The fourth-order valence-corrected chi connectivity index (χ4v) is 5.20. The van der Waals surface area contributed by atoms with Gasteiger partial charge in [0, 0.05) is 15.2 Å². The van der Waals surface area contributed by atoms with Gasteiger partial charge in [0.25, 0.3) is 0 Å². The molecule has 0 unspecified atom stereocenters. The summed E-state index contributed by atoms with van der Waals surface area (Å²) in [6.07, 6.45) is 0. The summed E-state index contributed by atoms with van der Waals surface area (Å²) in [5.41, 5.74) is 6.39. The first-order valence-corrected chi connectivity index (χ1v) is 14.7. The van der Waals surface area contributed by atoms with Crippen molar-refractivity contribution in [1.82, 2.24) is 0 Å².